The summed E-state index contributed by atoms with van der Waals surface area (Å²) in [5.41, 5.74) is 1.02. The van der Waals surface area contributed by atoms with Crippen molar-refractivity contribution in [3.05, 3.63) is 29.8 Å². The molecule has 98 valence electrons. The Labute approximate surface area is 108 Å². The van der Waals surface area contributed by atoms with Crippen molar-refractivity contribution in [2.45, 2.75) is 25.3 Å². The maximum Gasteiger partial charge on any atom is 0.224 e. The van der Waals surface area contributed by atoms with Crippen LogP contribution in [0, 0.1) is 0 Å². The molecular formula is C14H20N2O2. The van der Waals surface area contributed by atoms with Crippen molar-refractivity contribution < 1.29 is 9.53 Å². The zero-order valence-electron chi connectivity index (χ0n) is 10.7. The highest BCUT2D eigenvalue weighted by molar-refractivity contribution is 5.78. The summed E-state index contributed by atoms with van der Waals surface area (Å²) in [4.78, 5) is 11.9. The molecule has 0 spiro atoms. The lowest BCUT2D eigenvalue weighted by Gasteiger charge is -2.23. The quantitative estimate of drug-likeness (QED) is 0.839. The SMILES string of the molecule is COc1ccc(CC(=O)NC2CCNCC2)cc1. The molecule has 0 bridgehead atoms. The first-order chi connectivity index (χ1) is 8.78. The number of hydrogen-bond acceptors (Lipinski definition) is 3. The summed E-state index contributed by atoms with van der Waals surface area (Å²) >= 11 is 0. The third-order valence-corrected chi connectivity index (χ3v) is 3.23. The number of carbonyl (C=O) groups is 1. The highest BCUT2D eigenvalue weighted by atomic mass is 16.5. The van der Waals surface area contributed by atoms with Gasteiger partial charge in [0, 0.05) is 6.04 Å². The number of methoxy groups -OCH3 is 1. The summed E-state index contributed by atoms with van der Waals surface area (Å²) in [6, 6.07) is 7.96. The van der Waals surface area contributed by atoms with Gasteiger partial charge in [-0.05, 0) is 43.6 Å². The fourth-order valence-electron chi connectivity index (χ4n) is 2.17. The van der Waals surface area contributed by atoms with E-state index in [1.54, 1.807) is 7.11 Å². The second-order valence-electron chi connectivity index (χ2n) is 4.62. The Hall–Kier alpha value is -1.55. The van der Waals surface area contributed by atoms with Crippen LogP contribution in [0.3, 0.4) is 0 Å². The highest BCUT2D eigenvalue weighted by Crippen LogP contribution is 2.12. The molecule has 1 heterocycles. The Morgan fingerprint density at radius 3 is 2.61 bits per heavy atom. The van der Waals surface area contributed by atoms with E-state index in [0.29, 0.717) is 12.5 Å². The standard InChI is InChI=1S/C14H20N2O2/c1-18-13-4-2-11(3-5-13)10-14(17)16-12-6-8-15-9-7-12/h2-5,12,15H,6-10H2,1H3,(H,16,17). The van der Waals surface area contributed by atoms with Gasteiger partial charge in [0.15, 0.2) is 0 Å². The fourth-order valence-corrected chi connectivity index (χ4v) is 2.17. The molecule has 1 aliphatic heterocycles. The topological polar surface area (TPSA) is 50.4 Å². The van der Waals surface area contributed by atoms with E-state index in [2.05, 4.69) is 10.6 Å². The van der Waals surface area contributed by atoms with Gasteiger partial charge in [0.05, 0.1) is 13.5 Å². The van der Waals surface area contributed by atoms with E-state index in [1.165, 1.54) is 0 Å². The van der Waals surface area contributed by atoms with E-state index >= 15 is 0 Å². The first-order valence-electron chi connectivity index (χ1n) is 6.41. The van der Waals surface area contributed by atoms with Crippen LogP contribution >= 0.6 is 0 Å². The molecule has 4 heteroatoms. The molecule has 1 aromatic carbocycles. The Morgan fingerprint density at radius 2 is 2.00 bits per heavy atom. The Balaban J connectivity index is 1.82. The van der Waals surface area contributed by atoms with Crippen molar-refractivity contribution >= 4 is 5.91 Å². The Morgan fingerprint density at radius 1 is 1.33 bits per heavy atom. The molecule has 1 saturated heterocycles. The van der Waals surface area contributed by atoms with Crippen LogP contribution in [0.5, 0.6) is 5.75 Å². The second-order valence-corrected chi connectivity index (χ2v) is 4.62. The number of amides is 1. The van der Waals surface area contributed by atoms with Crippen LogP contribution in [0.25, 0.3) is 0 Å². The zero-order chi connectivity index (χ0) is 12.8. The molecular weight excluding hydrogens is 228 g/mol. The molecule has 0 radical (unpaired) electrons. The van der Waals surface area contributed by atoms with Gasteiger partial charge in [0.2, 0.25) is 5.91 Å². The van der Waals surface area contributed by atoms with E-state index in [9.17, 15) is 4.79 Å². The number of nitrogens with one attached hydrogen (secondary N) is 2. The van der Waals surface area contributed by atoms with Crippen molar-refractivity contribution in [2.24, 2.45) is 0 Å². The number of rotatable bonds is 4. The smallest absolute Gasteiger partial charge is 0.224 e. The summed E-state index contributed by atoms with van der Waals surface area (Å²) in [5.74, 6) is 0.921. The van der Waals surface area contributed by atoms with Crippen LogP contribution in [-0.4, -0.2) is 32.1 Å². The fraction of sp³-hybridized carbons (Fsp3) is 0.500. The van der Waals surface area contributed by atoms with Crippen LogP contribution in [0.15, 0.2) is 24.3 Å². The van der Waals surface area contributed by atoms with Gasteiger partial charge in [0.1, 0.15) is 5.75 Å². The molecule has 0 aliphatic carbocycles. The average molecular weight is 248 g/mol. The van der Waals surface area contributed by atoms with Crippen LogP contribution in [-0.2, 0) is 11.2 Å². The third kappa shape index (κ3) is 3.74. The molecule has 0 saturated carbocycles. The zero-order valence-corrected chi connectivity index (χ0v) is 10.7. The number of carbonyl (C=O) groups excluding carboxylic acids is 1. The van der Waals surface area contributed by atoms with E-state index in [1.807, 2.05) is 24.3 Å². The van der Waals surface area contributed by atoms with Gasteiger partial charge >= 0.3 is 0 Å². The monoisotopic (exact) mass is 248 g/mol. The van der Waals surface area contributed by atoms with Gasteiger partial charge in [-0.25, -0.2) is 0 Å². The van der Waals surface area contributed by atoms with E-state index in [-0.39, 0.29) is 5.91 Å². The van der Waals surface area contributed by atoms with Gasteiger partial charge in [-0.15, -0.1) is 0 Å². The van der Waals surface area contributed by atoms with Gasteiger partial charge in [0.25, 0.3) is 0 Å². The Bertz CT molecular complexity index is 383. The predicted molar refractivity (Wildman–Crippen MR) is 70.7 cm³/mol. The first kappa shape index (κ1) is 12.9. The maximum atomic E-state index is 11.9. The van der Waals surface area contributed by atoms with Crippen LogP contribution in [0.1, 0.15) is 18.4 Å². The minimum Gasteiger partial charge on any atom is -0.497 e. The molecule has 2 N–H and O–H groups in total. The lowest BCUT2D eigenvalue weighted by atomic mass is 10.1. The largest absolute Gasteiger partial charge is 0.497 e. The van der Waals surface area contributed by atoms with Crippen molar-refractivity contribution in [3.8, 4) is 5.75 Å². The number of benzene rings is 1. The molecule has 1 amide bonds. The third-order valence-electron chi connectivity index (χ3n) is 3.23. The van der Waals surface area contributed by atoms with E-state index in [0.717, 1.165) is 37.2 Å². The van der Waals surface area contributed by atoms with Gasteiger partial charge < -0.3 is 15.4 Å². The van der Waals surface area contributed by atoms with Gasteiger partial charge in [-0.2, -0.15) is 0 Å². The van der Waals surface area contributed by atoms with Crippen LogP contribution < -0.4 is 15.4 Å². The van der Waals surface area contributed by atoms with Gasteiger partial charge in [-0.1, -0.05) is 12.1 Å². The number of hydrogen-bond donors (Lipinski definition) is 2. The maximum absolute atomic E-state index is 11.9. The van der Waals surface area contributed by atoms with Crippen molar-refractivity contribution in [1.82, 2.24) is 10.6 Å². The molecule has 2 rings (SSSR count). The molecule has 0 unspecified atom stereocenters. The van der Waals surface area contributed by atoms with Crippen molar-refractivity contribution in [1.29, 1.82) is 0 Å². The van der Waals surface area contributed by atoms with Crippen molar-refractivity contribution in [3.63, 3.8) is 0 Å². The summed E-state index contributed by atoms with van der Waals surface area (Å²) in [5, 5.41) is 6.37. The molecule has 0 aromatic heterocycles. The summed E-state index contributed by atoms with van der Waals surface area (Å²) in [6.07, 6.45) is 2.48. The minimum absolute atomic E-state index is 0.104. The van der Waals surface area contributed by atoms with Gasteiger partial charge in [-0.3, -0.25) is 4.79 Å². The van der Waals surface area contributed by atoms with E-state index < -0.39 is 0 Å². The minimum atomic E-state index is 0.104. The number of piperidine rings is 1. The molecule has 1 aliphatic rings. The lowest BCUT2D eigenvalue weighted by molar-refractivity contribution is -0.121. The summed E-state index contributed by atoms with van der Waals surface area (Å²) in [7, 11) is 1.64. The predicted octanol–water partition coefficient (Wildman–Crippen LogP) is 1.11. The lowest BCUT2D eigenvalue weighted by Crippen LogP contribution is -2.43. The van der Waals surface area contributed by atoms with Crippen molar-refractivity contribution in [2.75, 3.05) is 20.2 Å². The van der Waals surface area contributed by atoms with E-state index in [4.69, 9.17) is 4.74 Å². The molecule has 1 aromatic rings. The summed E-state index contributed by atoms with van der Waals surface area (Å²) < 4.78 is 5.09. The molecule has 0 atom stereocenters. The Kier molecular flexibility index (Phi) is 4.59. The summed E-state index contributed by atoms with van der Waals surface area (Å²) in [6.45, 7) is 1.99. The van der Waals surface area contributed by atoms with Crippen LogP contribution in [0.2, 0.25) is 0 Å². The highest BCUT2D eigenvalue weighted by Gasteiger charge is 2.15. The molecule has 1 fully saturated rings. The first-order valence-corrected chi connectivity index (χ1v) is 6.41. The second kappa shape index (κ2) is 6.40. The molecule has 18 heavy (non-hydrogen) atoms. The van der Waals surface area contributed by atoms with Crippen LogP contribution in [0.4, 0.5) is 0 Å². The average Bonchev–Trinajstić information content (AvgIpc) is 2.40. The number of ether oxygens (including phenoxy) is 1. The molecule has 4 nitrogen and oxygen atoms in total. The normalized spacial score (nSPS) is 16.3.